The van der Waals surface area contributed by atoms with E-state index in [9.17, 15) is 86.2 Å². The molecule has 1 aromatic rings. The lowest BCUT2D eigenvalue weighted by Gasteiger charge is -2.71. The SMILES string of the molecule is COc1cc(/C=C/C(=O)O[C@@H]2[C@H](OC3O[C@@H](C)[C@H](O)[C@@H](O)[C@H]3O)[C@@H](OC3O[C@@H](C)[C@H](OC4OC[C@@H](O)[C@H](O)[C@H]4O)[C@@H](O)[C@H]3O)[C@H](OC(=O)[C@]34CCC(C)(C)CC3C3=CCC5[C@@]6(C)C[C@H](O)[C@H](OC7O[C@H](CO)[C@@H](O)[C@H](O)[C@H]7O)[C@@](C)(C(=O)O)C6CC[C@@]5(C)[C@]3(CO)CC4)O[C@@H]2C)cc(OC)c1OC. The smallest absolute Gasteiger partial charge is 0.331 e. The predicted molar refractivity (Wildman–Crippen MR) is 349 cm³/mol. The number of carboxylic acid groups (broad SMARTS) is 1. The van der Waals surface area contributed by atoms with Crippen molar-refractivity contribution in [3.8, 4) is 17.2 Å². The highest BCUT2D eigenvalue weighted by atomic mass is 16.8. The topological polar surface area (TPSA) is 484 Å². The molecule has 103 heavy (non-hydrogen) atoms. The summed E-state index contributed by atoms with van der Waals surface area (Å²) in [6.07, 6.45) is -37.8. The molecule has 4 saturated carbocycles. The largest absolute Gasteiger partial charge is 0.493 e. The number of carboxylic acids is 1. The fourth-order valence-electron chi connectivity index (χ4n) is 19.5. The number of hydrogen-bond acceptors (Lipinski definition) is 31. The van der Waals surface area contributed by atoms with Gasteiger partial charge in [-0.25, -0.2) is 4.79 Å². The molecule has 5 aliphatic carbocycles. The molecule has 1 aromatic carbocycles. The second kappa shape index (κ2) is 30.2. The van der Waals surface area contributed by atoms with Crippen molar-refractivity contribution in [2.24, 2.45) is 50.2 Å². The first-order valence-electron chi connectivity index (χ1n) is 35.5. The Bertz CT molecular complexity index is 3220. The number of hydrogen-bond donors (Lipinski definition) is 15. The number of ether oxygens (including phenoxy) is 14. The van der Waals surface area contributed by atoms with Crippen molar-refractivity contribution in [2.45, 2.75) is 273 Å². The standard InChI is InChI=1S/C71H106O32/c1-29-43(77)46(80)50(84)60(94-29)100-56-54(98-42(76)15-12-32-22-37(90-9)55(92-11)38(23-32)91-10)31(3)96-63(57(56)101-61-52(86)48(82)53(30(2)95-61)99-59-49(83)44(78)36(75)27-93-59)103-65(89)70-19-18-66(4,5)24-34(70)33-13-14-40-67(6)25-35(74)58(102-62-51(85)47(81)45(79)39(26-72)97-62)69(8,64(87)88)41(67)16-17-68(40,7)71(33,28-73)21-20-70/h12-13,15,22-23,29-31,34-36,39-41,43-54,56-63,72-75,77-86H,14,16-21,24-28H2,1-11H3,(H,87,88)/b15-12+/t29-,30-,31+,34?,35-,36+,39+,40?,41?,43-,44-,45+,46+,47-,48-,49+,50+,51+,52+,53-,54-,56-,57+,58-,59?,60?,61?,62?,63-,67+,68+,69-,70-,71-/m0/s1. The minimum absolute atomic E-state index is 0.0152. The van der Waals surface area contributed by atoms with Crippen LogP contribution in [0.2, 0.25) is 0 Å². The summed E-state index contributed by atoms with van der Waals surface area (Å²) in [7, 11) is 4.23. The van der Waals surface area contributed by atoms with Gasteiger partial charge in [-0.2, -0.15) is 0 Å². The van der Waals surface area contributed by atoms with Crippen molar-refractivity contribution < 1.29 is 157 Å². The van der Waals surface area contributed by atoms with Crippen LogP contribution in [0.4, 0.5) is 0 Å². The summed E-state index contributed by atoms with van der Waals surface area (Å²) in [5, 5.41) is 168. The van der Waals surface area contributed by atoms with Gasteiger partial charge >= 0.3 is 17.9 Å². The number of fused-ring (bicyclic) bond motifs is 7. The zero-order chi connectivity index (χ0) is 75.3. The summed E-state index contributed by atoms with van der Waals surface area (Å²) in [5.74, 6) is -4.17. The summed E-state index contributed by atoms with van der Waals surface area (Å²) >= 11 is 0. The Morgan fingerprint density at radius 2 is 1.14 bits per heavy atom. The van der Waals surface area contributed by atoms with Crippen molar-refractivity contribution in [3.05, 3.63) is 35.4 Å². The zero-order valence-corrected chi connectivity index (χ0v) is 59.8. The molecule has 34 atom stereocenters. The van der Waals surface area contributed by atoms with Crippen LogP contribution < -0.4 is 14.2 Å². The van der Waals surface area contributed by atoms with Gasteiger partial charge in [-0.3, -0.25) is 9.59 Å². The van der Waals surface area contributed by atoms with Gasteiger partial charge in [0.2, 0.25) is 12.0 Å². The number of allylic oxidation sites excluding steroid dienone is 1. The maximum atomic E-state index is 16.3. The van der Waals surface area contributed by atoms with Gasteiger partial charge in [0.25, 0.3) is 0 Å². The number of methoxy groups -OCH3 is 3. The van der Waals surface area contributed by atoms with Crippen molar-refractivity contribution in [3.63, 3.8) is 0 Å². The first-order chi connectivity index (χ1) is 48.5. The van der Waals surface area contributed by atoms with Crippen LogP contribution >= 0.6 is 0 Å². The molecule has 10 aliphatic rings. The molecule has 0 radical (unpaired) electrons. The number of benzene rings is 1. The molecular formula is C71H106O32. The van der Waals surface area contributed by atoms with E-state index in [1.165, 1.54) is 55.1 Å². The molecule has 0 amide bonds. The van der Waals surface area contributed by atoms with Crippen LogP contribution in [0.5, 0.6) is 17.2 Å². The lowest BCUT2D eigenvalue weighted by Crippen LogP contribution is -2.71. The molecule has 32 heteroatoms. The fraction of sp³-hybridized carbons (Fsp3) is 0.817. The maximum absolute atomic E-state index is 16.3. The van der Waals surface area contributed by atoms with Crippen LogP contribution in [0.1, 0.15) is 119 Å². The molecule has 32 nitrogen and oxygen atoms in total. The van der Waals surface area contributed by atoms with E-state index in [0.717, 1.165) is 11.6 Å². The summed E-state index contributed by atoms with van der Waals surface area (Å²) < 4.78 is 84.9. The molecule has 5 aliphatic heterocycles. The van der Waals surface area contributed by atoms with E-state index in [2.05, 4.69) is 20.8 Å². The van der Waals surface area contributed by atoms with E-state index >= 15 is 4.79 Å². The van der Waals surface area contributed by atoms with Crippen molar-refractivity contribution in [1.29, 1.82) is 0 Å². The first kappa shape index (κ1) is 79.6. The van der Waals surface area contributed by atoms with Crippen molar-refractivity contribution >= 4 is 24.0 Å². The minimum Gasteiger partial charge on any atom is -0.493 e. The third-order valence-electron chi connectivity index (χ3n) is 25.4. The second-order valence-electron chi connectivity index (χ2n) is 31.6. The van der Waals surface area contributed by atoms with Crippen LogP contribution in [0.15, 0.2) is 29.9 Å². The van der Waals surface area contributed by atoms with Gasteiger partial charge < -0.3 is 143 Å². The summed E-state index contributed by atoms with van der Waals surface area (Å²) in [4.78, 5) is 44.7. The Balaban J connectivity index is 0.946. The Kier molecular flexibility index (Phi) is 23.4. The third kappa shape index (κ3) is 13.8. The van der Waals surface area contributed by atoms with Gasteiger partial charge in [-0.1, -0.05) is 39.3 Å². The highest BCUT2D eigenvalue weighted by Crippen LogP contribution is 2.76. The minimum atomic E-state index is -2.11. The number of aliphatic carboxylic acids is 1. The molecular weight excluding hydrogens is 1360 g/mol. The van der Waals surface area contributed by atoms with Gasteiger partial charge in [0, 0.05) is 11.5 Å². The van der Waals surface area contributed by atoms with Crippen molar-refractivity contribution in [1.82, 2.24) is 0 Å². The van der Waals surface area contributed by atoms with Crippen LogP contribution in [0, 0.1) is 50.2 Å². The average molecular weight is 1470 g/mol. The number of rotatable bonds is 19. The number of esters is 2. The Labute approximate surface area is 596 Å². The monoisotopic (exact) mass is 1470 g/mol. The Hall–Kier alpha value is -4.41. The number of carbonyl (C=O) groups excluding carboxylic acids is 2. The summed E-state index contributed by atoms with van der Waals surface area (Å²) in [6, 6.07) is 3.11. The quantitative estimate of drug-likeness (QED) is 0.0335. The van der Waals surface area contributed by atoms with E-state index in [0.29, 0.717) is 31.2 Å². The van der Waals surface area contributed by atoms with Gasteiger partial charge in [-0.15, -0.1) is 0 Å². The molecule has 5 heterocycles. The van der Waals surface area contributed by atoms with Crippen LogP contribution in [-0.2, 0) is 66.5 Å². The molecule has 15 N–H and O–H groups in total. The molecule has 11 rings (SSSR count). The van der Waals surface area contributed by atoms with E-state index in [-0.39, 0.29) is 49.4 Å². The van der Waals surface area contributed by atoms with Gasteiger partial charge in [0.15, 0.2) is 48.9 Å². The maximum Gasteiger partial charge on any atom is 0.331 e. The molecule has 9 fully saturated rings. The third-order valence-corrected chi connectivity index (χ3v) is 25.4. The number of carbonyl (C=O) groups is 3. The average Bonchev–Trinajstić information content (AvgIpc) is 0.669. The van der Waals surface area contributed by atoms with Gasteiger partial charge in [0.1, 0.15) is 91.6 Å². The lowest BCUT2D eigenvalue weighted by molar-refractivity contribution is -0.390. The van der Waals surface area contributed by atoms with Gasteiger partial charge in [-0.05, 0) is 143 Å². The van der Waals surface area contributed by atoms with E-state index in [1.807, 2.05) is 13.0 Å². The van der Waals surface area contributed by atoms with Gasteiger partial charge in [0.05, 0.1) is 76.4 Å². The number of aliphatic hydroxyl groups is 14. The molecule has 5 saturated heterocycles. The molecule has 0 aromatic heterocycles. The highest BCUT2D eigenvalue weighted by Gasteiger charge is 2.74. The number of aliphatic hydroxyl groups excluding tert-OH is 14. The lowest BCUT2D eigenvalue weighted by atomic mass is 9.33. The van der Waals surface area contributed by atoms with Crippen LogP contribution in [-0.4, -0.2) is 295 Å². The molecule has 0 bridgehead atoms. The Morgan fingerprint density at radius 3 is 1.76 bits per heavy atom. The van der Waals surface area contributed by atoms with Crippen LogP contribution in [0.25, 0.3) is 6.08 Å². The summed E-state index contributed by atoms with van der Waals surface area (Å²) in [5.41, 5.74) is -5.43. The molecule has 7 unspecified atom stereocenters. The van der Waals surface area contributed by atoms with E-state index < -0.39 is 248 Å². The second-order valence-corrected chi connectivity index (χ2v) is 31.6. The highest BCUT2D eigenvalue weighted by molar-refractivity contribution is 5.87. The molecule has 0 spiro atoms. The molecule has 582 valence electrons. The fourth-order valence-corrected chi connectivity index (χ4v) is 19.5. The first-order valence-corrected chi connectivity index (χ1v) is 35.5. The van der Waals surface area contributed by atoms with E-state index in [1.54, 1.807) is 12.1 Å². The zero-order valence-electron chi connectivity index (χ0n) is 59.8. The van der Waals surface area contributed by atoms with E-state index in [4.69, 9.17) is 66.3 Å². The Morgan fingerprint density at radius 1 is 0.563 bits per heavy atom. The van der Waals surface area contributed by atoms with Crippen molar-refractivity contribution in [2.75, 3.05) is 41.2 Å². The summed E-state index contributed by atoms with van der Waals surface area (Å²) in [6.45, 7) is 12.3. The normalized spacial score (nSPS) is 48.2. The van der Waals surface area contributed by atoms with Crippen LogP contribution in [0.3, 0.4) is 0 Å². The predicted octanol–water partition coefficient (Wildman–Crippen LogP) is -1.19.